The number of aryl methyl sites for hydroxylation is 1. The van der Waals surface area contributed by atoms with Crippen molar-refractivity contribution in [2.75, 3.05) is 4.90 Å². The van der Waals surface area contributed by atoms with Crippen molar-refractivity contribution < 1.29 is 55.6 Å². The van der Waals surface area contributed by atoms with E-state index in [9.17, 15) is 50.8 Å². The number of alkyl halides is 6. The van der Waals surface area contributed by atoms with E-state index in [4.69, 9.17) is 0 Å². The topological polar surface area (TPSA) is 90.2 Å². The molecule has 0 saturated heterocycles. The number of nitrogens with zero attached hydrogens (tertiary/aromatic N) is 1. The molecule has 0 aromatic heterocycles. The van der Waals surface area contributed by atoms with Crippen LogP contribution >= 0.6 is 0 Å². The molecule has 2 aromatic rings. The summed E-state index contributed by atoms with van der Waals surface area (Å²) in [6.07, 6.45) is -16.5. The van der Waals surface area contributed by atoms with Crippen LogP contribution in [-0.2, 0) is 12.4 Å². The number of anilines is 1. The van der Waals surface area contributed by atoms with Gasteiger partial charge in [-0.1, -0.05) is 27.7 Å². The summed E-state index contributed by atoms with van der Waals surface area (Å²) in [6.45, 7) is 8.79. The van der Waals surface area contributed by atoms with Crippen molar-refractivity contribution in [1.29, 1.82) is 0 Å². The first-order valence-corrected chi connectivity index (χ1v) is 9.75. The largest absolute Gasteiger partial charge is 0.426 e. The molecule has 34 heavy (non-hydrogen) atoms. The third kappa shape index (κ3) is 8.15. The summed E-state index contributed by atoms with van der Waals surface area (Å²) in [5.74, 6) is -2.21. The van der Waals surface area contributed by atoms with Gasteiger partial charge in [0.05, 0.1) is 16.8 Å². The SMILES string of the molecule is CC.CC.Cc1cc(C(F)(F)F)cc(C(F)(F)F)c1OC(=O)N(c1ccc(F)cc1)C(O)(O)O. The monoisotopic (exact) mass is 503 g/mol. The van der Waals surface area contributed by atoms with Gasteiger partial charge in [-0.05, 0) is 48.9 Å². The van der Waals surface area contributed by atoms with Crippen molar-refractivity contribution in [3.05, 3.63) is 58.9 Å². The van der Waals surface area contributed by atoms with Crippen molar-refractivity contribution >= 4 is 11.8 Å². The quantitative estimate of drug-likeness (QED) is 0.363. The molecular formula is C21H24F7NO5. The van der Waals surface area contributed by atoms with Crippen molar-refractivity contribution in [3.8, 4) is 5.75 Å². The highest BCUT2D eigenvalue weighted by Crippen LogP contribution is 2.42. The van der Waals surface area contributed by atoms with E-state index in [0.29, 0.717) is 12.1 Å². The van der Waals surface area contributed by atoms with Gasteiger partial charge in [0.15, 0.2) is 0 Å². The number of amides is 1. The van der Waals surface area contributed by atoms with Crippen molar-refractivity contribution in [3.63, 3.8) is 0 Å². The Morgan fingerprint density at radius 3 is 1.71 bits per heavy atom. The predicted molar refractivity (Wildman–Crippen MR) is 108 cm³/mol. The number of halogens is 7. The van der Waals surface area contributed by atoms with E-state index < -0.39 is 58.5 Å². The van der Waals surface area contributed by atoms with Gasteiger partial charge in [-0.3, -0.25) is 0 Å². The lowest BCUT2D eigenvalue weighted by atomic mass is 10.0. The molecule has 2 aromatic carbocycles. The van der Waals surface area contributed by atoms with E-state index in [1.807, 2.05) is 27.7 Å². The van der Waals surface area contributed by atoms with E-state index in [2.05, 4.69) is 4.74 Å². The van der Waals surface area contributed by atoms with E-state index in [-0.39, 0.29) is 17.0 Å². The number of benzene rings is 2. The van der Waals surface area contributed by atoms with Gasteiger partial charge in [-0.2, -0.15) is 31.2 Å². The van der Waals surface area contributed by atoms with Crippen molar-refractivity contribution in [2.24, 2.45) is 0 Å². The van der Waals surface area contributed by atoms with E-state index in [1.165, 1.54) is 0 Å². The van der Waals surface area contributed by atoms with Gasteiger partial charge in [0.1, 0.15) is 11.6 Å². The van der Waals surface area contributed by atoms with Crippen LogP contribution in [0, 0.1) is 12.7 Å². The molecule has 13 heteroatoms. The minimum atomic E-state index is -5.39. The molecule has 0 aliphatic rings. The van der Waals surface area contributed by atoms with Gasteiger partial charge in [0.25, 0.3) is 0 Å². The third-order valence-corrected chi connectivity index (χ3v) is 3.66. The summed E-state index contributed by atoms with van der Waals surface area (Å²) in [6, 6.07) is 2.92. The fourth-order valence-corrected chi connectivity index (χ4v) is 2.41. The Hall–Kier alpha value is -2.90. The number of carbonyl (C=O) groups is 1. The number of carbonyl (C=O) groups excluding carboxylic acids is 1. The molecule has 0 radical (unpaired) electrons. The number of ether oxygens (including phenoxy) is 1. The van der Waals surface area contributed by atoms with Gasteiger partial charge in [0.2, 0.25) is 0 Å². The Bertz CT molecular complexity index is 937. The number of hydrogen-bond donors (Lipinski definition) is 3. The highest BCUT2D eigenvalue weighted by Gasteiger charge is 2.42. The van der Waals surface area contributed by atoms with Crippen LogP contribution in [0.2, 0.25) is 0 Å². The van der Waals surface area contributed by atoms with Crippen LogP contribution in [0.5, 0.6) is 5.75 Å². The highest BCUT2D eigenvalue weighted by atomic mass is 19.4. The molecule has 0 fully saturated rings. The zero-order valence-corrected chi connectivity index (χ0v) is 18.7. The Kier molecular flexibility index (Phi) is 11.0. The summed E-state index contributed by atoms with van der Waals surface area (Å²) >= 11 is 0. The van der Waals surface area contributed by atoms with Gasteiger partial charge in [-0.25, -0.2) is 9.18 Å². The lowest BCUT2D eigenvalue weighted by Crippen LogP contribution is -2.53. The second kappa shape index (κ2) is 12.0. The van der Waals surface area contributed by atoms with Gasteiger partial charge in [0, 0.05) is 0 Å². The molecule has 0 spiro atoms. The van der Waals surface area contributed by atoms with Crippen LogP contribution in [0.15, 0.2) is 36.4 Å². The summed E-state index contributed by atoms with van der Waals surface area (Å²) < 4.78 is 95.9. The fourth-order valence-electron chi connectivity index (χ4n) is 2.41. The molecule has 0 unspecified atom stereocenters. The maximum atomic E-state index is 13.3. The maximum absolute atomic E-state index is 13.3. The minimum Gasteiger partial charge on any atom is -0.409 e. The Morgan fingerprint density at radius 1 is 0.853 bits per heavy atom. The third-order valence-electron chi connectivity index (χ3n) is 3.66. The van der Waals surface area contributed by atoms with Gasteiger partial charge < -0.3 is 20.1 Å². The Balaban J connectivity index is 0.00000258. The first-order valence-electron chi connectivity index (χ1n) is 9.75. The molecule has 0 heterocycles. The smallest absolute Gasteiger partial charge is 0.409 e. The predicted octanol–water partition coefficient (Wildman–Crippen LogP) is 5.82. The Labute approximate surface area is 190 Å². The molecule has 1 amide bonds. The molecule has 0 aliphatic carbocycles. The van der Waals surface area contributed by atoms with Crippen LogP contribution in [0.1, 0.15) is 44.4 Å². The van der Waals surface area contributed by atoms with Gasteiger partial charge in [-0.15, -0.1) is 0 Å². The molecule has 0 saturated carbocycles. The molecule has 192 valence electrons. The van der Waals surface area contributed by atoms with Crippen LogP contribution in [0.25, 0.3) is 0 Å². The molecule has 2 rings (SSSR count). The molecule has 0 atom stereocenters. The highest BCUT2D eigenvalue weighted by molar-refractivity contribution is 5.90. The molecule has 3 N–H and O–H groups in total. The molecule has 6 nitrogen and oxygen atoms in total. The zero-order chi connectivity index (χ0) is 27.1. The normalized spacial score (nSPS) is 11.5. The summed E-state index contributed by atoms with van der Waals surface area (Å²) in [7, 11) is 0. The van der Waals surface area contributed by atoms with Crippen LogP contribution in [0.4, 0.5) is 41.2 Å². The standard InChI is InChI=1S/C17H12F7NO5.2C2H6/c1-8-6-9(15(19,20)21)7-12(16(22,23)24)13(8)30-14(26)25(17(27,28)29)11-4-2-10(18)3-5-11;2*1-2/h2-7,27-29H,1H3;2*1-2H3. The van der Waals surface area contributed by atoms with E-state index in [0.717, 1.165) is 19.1 Å². The lowest BCUT2D eigenvalue weighted by Gasteiger charge is -2.29. The number of aliphatic hydroxyl groups is 3. The second-order valence-electron chi connectivity index (χ2n) is 5.95. The molecule has 0 bridgehead atoms. The van der Waals surface area contributed by atoms with Crippen molar-refractivity contribution in [1.82, 2.24) is 0 Å². The molecular weight excluding hydrogens is 479 g/mol. The average molecular weight is 503 g/mol. The number of rotatable bonds is 3. The first kappa shape index (κ1) is 31.1. The zero-order valence-electron chi connectivity index (χ0n) is 18.7. The second-order valence-corrected chi connectivity index (χ2v) is 5.95. The maximum Gasteiger partial charge on any atom is 0.426 e. The van der Waals surface area contributed by atoms with E-state index >= 15 is 0 Å². The van der Waals surface area contributed by atoms with Crippen LogP contribution < -0.4 is 9.64 Å². The number of hydrogen-bond acceptors (Lipinski definition) is 5. The molecule has 0 aliphatic heterocycles. The van der Waals surface area contributed by atoms with Gasteiger partial charge >= 0.3 is 24.5 Å². The summed E-state index contributed by atoms with van der Waals surface area (Å²) in [5, 5.41) is 28.1. The Morgan fingerprint density at radius 2 is 1.32 bits per heavy atom. The summed E-state index contributed by atoms with van der Waals surface area (Å²) in [4.78, 5) is 11.9. The average Bonchev–Trinajstić information content (AvgIpc) is 2.71. The van der Waals surface area contributed by atoms with Crippen LogP contribution in [0.3, 0.4) is 0 Å². The fraction of sp³-hybridized carbons (Fsp3) is 0.381. The first-order chi connectivity index (χ1) is 15.5. The van der Waals surface area contributed by atoms with Crippen LogP contribution in [-0.4, -0.2) is 27.5 Å². The minimum absolute atomic E-state index is 0.282. The van der Waals surface area contributed by atoms with Crippen molar-refractivity contribution in [2.45, 2.75) is 53.1 Å². The lowest BCUT2D eigenvalue weighted by molar-refractivity contribution is -0.305. The van der Waals surface area contributed by atoms with E-state index in [1.54, 1.807) is 0 Å². The summed E-state index contributed by atoms with van der Waals surface area (Å²) in [5.41, 5.74) is -5.01.